The van der Waals surface area contributed by atoms with E-state index in [1.807, 2.05) is 11.3 Å². The van der Waals surface area contributed by atoms with Gasteiger partial charge in [-0.15, -0.1) is 11.3 Å². The van der Waals surface area contributed by atoms with Gasteiger partial charge in [0.25, 0.3) is 0 Å². The lowest BCUT2D eigenvalue weighted by atomic mass is 9.81. The van der Waals surface area contributed by atoms with Crippen molar-refractivity contribution in [1.29, 1.82) is 0 Å². The van der Waals surface area contributed by atoms with Gasteiger partial charge in [-0.05, 0) is 57.9 Å². The second-order valence-electron chi connectivity index (χ2n) is 4.89. The van der Waals surface area contributed by atoms with Gasteiger partial charge < -0.3 is 10.2 Å². The number of hydrogen-bond acceptors (Lipinski definition) is 3. The van der Waals surface area contributed by atoms with Crippen LogP contribution in [0.25, 0.3) is 0 Å². The van der Waals surface area contributed by atoms with E-state index in [0.717, 1.165) is 12.8 Å². The Morgan fingerprint density at radius 1 is 1.35 bits per heavy atom. The van der Waals surface area contributed by atoms with Crippen LogP contribution in [0, 0.1) is 6.92 Å². The minimum atomic E-state index is 0.199. The lowest BCUT2D eigenvalue weighted by molar-refractivity contribution is 0.0930. The predicted molar refractivity (Wildman–Crippen MR) is 77.9 cm³/mol. The summed E-state index contributed by atoms with van der Waals surface area (Å²) in [4.78, 5) is 3.86. The van der Waals surface area contributed by atoms with Gasteiger partial charge in [0.2, 0.25) is 0 Å². The number of hydrogen-bond donors (Lipinski definition) is 1. The summed E-state index contributed by atoms with van der Waals surface area (Å²) in [6.07, 6.45) is 2.30. The van der Waals surface area contributed by atoms with Crippen LogP contribution in [0.3, 0.4) is 0 Å². The van der Waals surface area contributed by atoms with Crippen molar-refractivity contribution < 1.29 is 0 Å². The van der Waals surface area contributed by atoms with Crippen molar-refractivity contribution >= 4 is 11.3 Å². The van der Waals surface area contributed by atoms with Crippen LogP contribution >= 0.6 is 11.3 Å². The van der Waals surface area contributed by atoms with Crippen LogP contribution in [0.4, 0.5) is 0 Å². The molecule has 0 saturated heterocycles. The fraction of sp³-hybridized carbons (Fsp3) is 0.714. The molecule has 1 aromatic rings. The molecule has 1 heterocycles. The van der Waals surface area contributed by atoms with Crippen LogP contribution in [0.2, 0.25) is 0 Å². The van der Waals surface area contributed by atoms with Crippen LogP contribution in [-0.4, -0.2) is 31.6 Å². The zero-order valence-electron chi connectivity index (χ0n) is 12.0. The minimum absolute atomic E-state index is 0.199. The third-order valence-electron chi connectivity index (χ3n) is 4.11. The molecule has 0 aliphatic heterocycles. The second-order valence-corrected chi connectivity index (χ2v) is 5.84. The van der Waals surface area contributed by atoms with Crippen LogP contribution in [0.5, 0.6) is 0 Å². The van der Waals surface area contributed by atoms with Crippen molar-refractivity contribution in [3.8, 4) is 0 Å². The van der Waals surface area contributed by atoms with Gasteiger partial charge in [-0.1, -0.05) is 13.8 Å². The van der Waals surface area contributed by atoms with Gasteiger partial charge in [-0.2, -0.15) is 0 Å². The first kappa shape index (κ1) is 14.7. The SMILES string of the molecule is CCC(CC)(C(NC)c1sccc1C)N(C)C. The standard InChI is InChI=1S/C14H26N2S/c1-7-14(8-2,16(5)6)13(15-4)12-11(3)9-10-17-12/h9-10,13,15H,7-8H2,1-6H3. The molecule has 98 valence electrons. The smallest absolute Gasteiger partial charge is 0.0601 e. The molecule has 0 aromatic carbocycles. The van der Waals surface area contributed by atoms with E-state index in [-0.39, 0.29) is 5.54 Å². The molecule has 1 unspecified atom stereocenters. The summed E-state index contributed by atoms with van der Waals surface area (Å²) in [5.41, 5.74) is 1.60. The molecule has 0 aliphatic carbocycles. The van der Waals surface area contributed by atoms with Gasteiger partial charge in [0.1, 0.15) is 0 Å². The van der Waals surface area contributed by atoms with E-state index in [2.05, 4.69) is 63.6 Å². The van der Waals surface area contributed by atoms with Crippen LogP contribution in [0.1, 0.15) is 43.2 Å². The Bertz CT molecular complexity index is 340. The summed E-state index contributed by atoms with van der Waals surface area (Å²) in [6.45, 7) is 6.79. The first-order valence-electron chi connectivity index (χ1n) is 6.42. The van der Waals surface area contributed by atoms with Gasteiger partial charge in [-0.25, -0.2) is 0 Å². The Labute approximate surface area is 110 Å². The van der Waals surface area contributed by atoms with Crippen LogP contribution in [-0.2, 0) is 0 Å². The van der Waals surface area contributed by atoms with Gasteiger partial charge in [0, 0.05) is 10.4 Å². The second kappa shape index (κ2) is 5.98. The quantitative estimate of drug-likeness (QED) is 0.836. The summed E-state index contributed by atoms with van der Waals surface area (Å²) < 4.78 is 0. The molecular formula is C14H26N2S. The topological polar surface area (TPSA) is 15.3 Å². The molecule has 1 aromatic heterocycles. The highest BCUT2D eigenvalue weighted by molar-refractivity contribution is 7.10. The molecule has 1 rings (SSSR count). The molecule has 0 radical (unpaired) electrons. The van der Waals surface area contributed by atoms with Crippen molar-refractivity contribution in [2.24, 2.45) is 0 Å². The molecule has 0 fully saturated rings. The Hall–Kier alpha value is -0.380. The Balaban J connectivity index is 3.19. The average molecular weight is 254 g/mol. The fourth-order valence-corrected chi connectivity index (χ4v) is 4.02. The highest BCUT2D eigenvalue weighted by Gasteiger charge is 2.39. The zero-order valence-corrected chi connectivity index (χ0v) is 12.8. The first-order chi connectivity index (χ1) is 8.03. The molecule has 0 spiro atoms. The maximum absolute atomic E-state index is 3.54. The number of thiophene rings is 1. The van der Waals surface area contributed by atoms with E-state index < -0.39 is 0 Å². The van der Waals surface area contributed by atoms with E-state index >= 15 is 0 Å². The van der Waals surface area contributed by atoms with E-state index in [1.54, 1.807) is 0 Å². The van der Waals surface area contributed by atoms with E-state index in [9.17, 15) is 0 Å². The molecule has 0 saturated carbocycles. The number of likely N-dealkylation sites (N-methyl/N-ethyl adjacent to an activating group) is 2. The molecule has 1 atom stereocenters. The molecule has 0 bridgehead atoms. The van der Waals surface area contributed by atoms with Crippen molar-refractivity contribution in [2.45, 2.75) is 45.2 Å². The summed E-state index contributed by atoms with van der Waals surface area (Å²) in [6, 6.07) is 2.63. The average Bonchev–Trinajstić information content (AvgIpc) is 2.72. The number of rotatable bonds is 6. The van der Waals surface area contributed by atoms with Crippen molar-refractivity contribution in [1.82, 2.24) is 10.2 Å². The normalized spacial score (nSPS) is 14.3. The number of aryl methyl sites for hydroxylation is 1. The van der Waals surface area contributed by atoms with Crippen molar-refractivity contribution in [3.63, 3.8) is 0 Å². The largest absolute Gasteiger partial charge is 0.311 e. The van der Waals surface area contributed by atoms with Gasteiger partial charge in [-0.3, -0.25) is 0 Å². The highest BCUT2D eigenvalue weighted by atomic mass is 32.1. The number of nitrogens with one attached hydrogen (secondary N) is 1. The maximum Gasteiger partial charge on any atom is 0.0601 e. The molecule has 17 heavy (non-hydrogen) atoms. The Kier molecular flexibility index (Phi) is 5.17. The summed E-state index contributed by atoms with van der Waals surface area (Å²) >= 11 is 1.87. The fourth-order valence-electron chi connectivity index (χ4n) is 2.87. The van der Waals surface area contributed by atoms with Crippen molar-refractivity contribution in [3.05, 3.63) is 21.9 Å². The van der Waals surface area contributed by atoms with Crippen LogP contribution < -0.4 is 5.32 Å². The monoisotopic (exact) mass is 254 g/mol. The van der Waals surface area contributed by atoms with Crippen LogP contribution in [0.15, 0.2) is 11.4 Å². The minimum Gasteiger partial charge on any atom is -0.311 e. The molecule has 0 amide bonds. The first-order valence-corrected chi connectivity index (χ1v) is 7.30. The zero-order chi connectivity index (χ0) is 13.1. The third-order valence-corrected chi connectivity index (χ3v) is 5.19. The van der Waals surface area contributed by atoms with E-state index in [4.69, 9.17) is 0 Å². The van der Waals surface area contributed by atoms with Gasteiger partial charge in [0.15, 0.2) is 0 Å². The molecular weight excluding hydrogens is 228 g/mol. The molecule has 2 nitrogen and oxygen atoms in total. The Morgan fingerprint density at radius 3 is 2.24 bits per heavy atom. The molecule has 0 aliphatic rings. The highest BCUT2D eigenvalue weighted by Crippen LogP contribution is 2.39. The summed E-state index contributed by atoms with van der Waals surface area (Å²) in [5.74, 6) is 0. The van der Waals surface area contributed by atoms with Crippen molar-refractivity contribution in [2.75, 3.05) is 21.1 Å². The van der Waals surface area contributed by atoms with Gasteiger partial charge >= 0.3 is 0 Å². The van der Waals surface area contributed by atoms with E-state index in [0.29, 0.717) is 6.04 Å². The maximum atomic E-state index is 3.54. The Morgan fingerprint density at radius 2 is 1.94 bits per heavy atom. The van der Waals surface area contributed by atoms with Gasteiger partial charge in [0.05, 0.1) is 6.04 Å². The summed E-state index contributed by atoms with van der Waals surface area (Å²) in [7, 11) is 6.47. The predicted octanol–water partition coefficient (Wildman–Crippen LogP) is 3.44. The summed E-state index contributed by atoms with van der Waals surface area (Å²) in [5, 5.41) is 5.73. The molecule has 3 heteroatoms. The molecule has 1 N–H and O–H groups in total. The lowest BCUT2D eigenvalue weighted by Crippen LogP contribution is -2.52. The number of nitrogens with zero attached hydrogens (tertiary/aromatic N) is 1. The van der Waals surface area contributed by atoms with E-state index in [1.165, 1.54) is 10.4 Å². The third kappa shape index (κ3) is 2.56. The lowest BCUT2D eigenvalue weighted by Gasteiger charge is -2.45.